The lowest BCUT2D eigenvalue weighted by molar-refractivity contribution is -0.122. The van der Waals surface area contributed by atoms with Crippen LogP contribution in [0.15, 0.2) is 95.0 Å². The van der Waals surface area contributed by atoms with Gasteiger partial charge in [-0.25, -0.2) is 9.69 Å². The summed E-state index contributed by atoms with van der Waals surface area (Å²) in [6.45, 7) is 0.521. The number of benzene rings is 4. The molecule has 0 atom stereocenters. The second kappa shape index (κ2) is 13.3. The topological polar surface area (TPSA) is 94.2 Å². The summed E-state index contributed by atoms with van der Waals surface area (Å²) in [5.41, 5.74) is 2.22. The lowest BCUT2D eigenvalue weighted by Crippen LogP contribution is -2.54. The van der Waals surface area contributed by atoms with Gasteiger partial charge in [-0.1, -0.05) is 75.5 Å². The van der Waals surface area contributed by atoms with Gasteiger partial charge in [-0.15, -0.1) is 0 Å². The molecule has 0 radical (unpaired) electrons. The van der Waals surface area contributed by atoms with Crippen LogP contribution in [0.1, 0.15) is 16.7 Å². The van der Waals surface area contributed by atoms with E-state index in [9.17, 15) is 14.4 Å². The molecule has 0 unspecified atom stereocenters. The predicted molar refractivity (Wildman–Crippen MR) is 168 cm³/mol. The Labute approximate surface area is 265 Å². The molecule has 4 amide bonds. The summed E-state index contributed by atoms with van der Waals surface area (Å²) in [5.74, 6) is -0.262. The van der Waals surface area contributed by atoms with Crippen LogP contribution in [0.25, 0.3) is 6.08 Å². The molecular formula is C32H23BrCl2N2O6. The number of methoxy groups -OCH3 is 1. The zero-order valence-electron chi connectivity index (χ0n) is 22.6. The highest BCUT2D eigenvalue weighted by atomic mass is 79.9. The lowest BCUT2D eigenvalue weighted by Gasteiger charge is -2.26. The maximum Gasteiger partial charge on any atom is 0.335 e. The molecule has 1 aliphatic rings. The highest BCUT2D eigenvalue weighted by Crippen LogP contribution is 2.37. The van der Waals surface area contributed by atoms with Gasteiger partial charge in [0.05, 0.1) is 22.8 Å². The number of hydrogen-bond acceptors (Lipinski definition) is 6. The molecule has 4 aromatic carbocycles. The third kappa shape index (κ3) is 7.02. The maximum atomic E-state index is 13.2. The third-order valence-corrected chi connectivity index (χ3v) is 7.46. The lowest BCUT2D eigenvalue weighted by atomic mass is 10.1. The van der Waals surface area contributed by atoms with Gasteiger partial charge in [-0.05, 0) is 71.3 Å². The van der Waals surface area contributed by atoms with Crippen molar-refractivity contribution in [2.24, 2.45) is 0 Å². The first kappa shape index (κ1) is 30.2. The number of rotatable bonds is 9. The van der Waals surface area contributed by atoms with Crippen LogP contribution in [0.3, 0.4) is 0 Å². The van der Waals surface area contributed by atoms with E-state index in [2.05, 4.69) is 21.2 Å². The van der Waals surface area contributed by atoms with Crippen molar-refractivity contribution >= 4 is 68.7 Å². The van der Waals surface area contributed by atoms with Crippen LogP contribution in [-0.4, -0.2) is 25.0 Å². The minimum absolute atomic E-state index is 0.125. The Morgan fingerprint density at radius 1 is 0.814 bits per heavy atom. The van der Waals surface area contributed by atoms with Crippen molar-refractivity contribution in [1.82, 2.24) is 5.32 Å². The number of nitrogens with zero attached hydrogens (tertiary/aromatic N) is 1. The van der Waals surface area contributed by atoms with Crippen molar-refractivity contribution in [3.8, 4) is 17.2 Å². The first-order valence-corrected chi connectivity index (χ1v) is 14.4. The van der Waals surface area contributed by atoms with Crippen LogP contribution in [-0.2, 0) is 22.8 Å². The molecule has 1 saturated heterocycles. The number of carbonyl (C=O) groups is 3. The van der Waals surface area contributed by atoms with E-state index < -0.39 is 17.8 Å². The molecule has 1 fully saturated rings. The molecule has 4 aromatic rings. The number of nitrogens with one attached hydrogen (secondary N) is 1. The molecule has 1 N–H and O–H groups in total. The molecular weight excluding hydrogens is 659 g/mol. The van der Waals surface area contributed by atoms with E-state index in [0.717, 1.165) is 20.5 Å². The fourth-order valence-electron chi connectivity index (χ4n) is 4.26. The predicted octanol–water partition coefficient (Wildman–Crippen LogP) is 7.59. The standard InChI is InChI=1S/C32H23BrCl2N2O6/c1-41-28-16-20(7-12-27(28)42-17-19-5-3-2-4-6-19)18-43-29-25(34)14-21(15-26(29)35)13-24-30(38)36-32(40)37(31(24)39)23-10-8-22(33)9-11-23/h2-16H,17-18H2,1H3,(H,36,38,40)/b24-13+. The number of barbiturate groups is 1. The first-order valence-electron chi connectivity index (χ1n) is 12.9. The molecule has 0 spiro atoms. The van der Waals surface area contributed by atoms with Gasteiger partial charge in [0.25, 0.3) is 11.8 Å². The normalized spacial score (nSPS) is 14.1. The quantitative estimate of drug-likeness (QED) is 0.145. The van der Waals surface area contributed by atoms with Crippen molar-refractivity contribution < 1.29 is 28.6 Å². The average molecular weight is 682 g/mol. The van der Waals surface area contributed by atoms with E-state index in [1.165, 1.54) is 18.2 Å². The van der Waals surface area contributed by atoms with E-state index in [0.29, 0.717) is 29.4 Å². The smallest absolute Gasteiger partial charge is 0.335 e. The number of halogens is 3. The van der Waals surface area contributed by atoms with Gasteiger partial charge in [0.1, 0.15) is 18.8 Å². The van der Waals surface area contributed by atoms with Crippen molar-refractivity contribution in [3.63, 3.8) is 0 Å². The van der Waals surface area contributed by atoms with Crippen molar-refractivity contribution in [1.29, 1.82) is 0 Å². The summed E-state index contributed by atoms with van der Waals surface area (Å²) in [7, 11) is 1.56. The Morgan fingerprint density at radius 2 is 1.49 bits per heavy atom. The van der Waals surface area contributed by atoms with Gasteiger partial charge in [0.15, 0.2) is 17.2 Å². The van der Waals surface area contributed by atoms with Crippen molar-refractivity contribution in [2.45, 2.75) is 13.2 Å². The first-order chi connectivity index (χ1) is 20.7. The number of hydrogen-bond donors (Lipinski definition) is 1. The number of urea groups is 1. The Hall–Kier alpha value is -4.31. The van der Waals surface area contributed by atoms with Crippen LogP contribution >= 0.6 is 39.1 Å². The summed E-state index contributed by atoms with van der Waals surface area (Å²) in [6.07, 6.45) is 1.32. The molecule has 5 rings (SSSR count). The van der Waals surface area contributed by atoms with E-state index in [-0.39, 0.29) is 28.0 Å². The van der Waals surface area contributed by atoms with Crippen LogP contribution < -0.4 is 24.4 Å². The van der Waals surface area contributed by atoms with Gasteiger partial charge >= 0.3 is 6.03 Å². The summed E-state index contributed by atoms with van der Waals surface area (Å²) in [6, 6.07) is 23.9. The van der Waals surface area contributed by atoms with Gasteiger partial charge in [-0.3, -0.25) is 14.9 Å². The fraction of sp³-hybridized carbons (Fsp3) is 0.0938. The second-order valence-corrected chi connectivity index (χ2v) is 11.0. The Bertz CT molecular complexity index is 1710. The molecule has 0 saturated carbocycles. The fourth-order valence-corrected chi connectivity index (χ4v) is 5.14. The third-order valence-electron chi connectivity index (χ3n) is 6.37. The minimum atomic E-state index is -0.846. The zero-order chi connectivity index (χ0) is 30.5. The Balaban J connectivity index is 1.30. The molecule has 11 heteroatoms. The molecule has 0 aromatic heterocycles. The van der Waals surface area contributed by atoms with Crippen LogP contribution in [0.5, 0.6) is 17.2 Å². The molecule has 218 valence electrons. The molecule has 1 aliphatic heterocycles. The Morgan fingerprint density at radius 3 is 2.16 bits per heavy atom. The molecule has 0 aliphatic carbocycles. The number of amides is 4. The number of anilines is 1. The maximum absolute atomic E-state index is 13.2. The van der Waals surface area contributed by atoms with Crippen molar-refractivity contribution in [3.05, 3.63) is 122 Å². The zero-order valence-corrected chi connectivity index (χ0v) is 25.7. The monoisotopic (exact) mass is 680 g/mol. The van der Waals surface area contributed by atoms with Gasteiger partial charge < -0.3 is 14.2 Å². The molecule has 1 heterocycles. The Kier molecular flexibility index (Phi) is 9.35. The molecule has 0 bridgehead atoms. The summed E-state index contributed by atoms with van der Waals surface area (Å²) >= 11 is 16.3. The van der Waals surface area contributed by atoms with Gasteiger partial charge in [-0.2, -0.15) is 0 Å². The number of carbonyl (C=O) groups excluding carboxylic acids is 3. The van der Waals surface area contributed by atoms with E-state index in [4.69, 9.17) is 37.4 Å². The van der Waals surface area contributed by atoms with E-state index in [1.54, 1.807) is 43.5 Å². The van der Waals surface area contributed by atoms with Crippen LogP contribution in [0.2, 0.25) is 10.0 Å². The van der Waals surface area contributed by atoms with E-state index >= 15 is 0 Å². The van der Waals surface area contributed by atoms with Gasteiger partial charge in [0.2, 0.25) is 0 Å². The summed E-state index contributed by atoms with van der Waals surface area (Å²) in [4.78, 5) is 39.1. The summed E-state index contributed by atoms with van der Waals surface area (Å²) in [5, 5.41) is 2.52. The second-order valence-electron chi connectivity index (χ2n) is 9.30. The highest BCUT2D eigenvalue weighted by Gasteiger charge is 2.36. The number of imide groups is 2. The summed E-state index contributed by atoms with van der Waals surface area (Å²) < 4.78 is 18.1. The van der Waals surface area contributed by atoms with Crippen molar-refractivity contribution in [2.75, 3.05) is 12.0 Å². The van der Waals surface area contributed by atoms with Crippen LogP contribution in [0.4, 0.5) is 10.5 Å². The van der Waals surface area contributed by atoms with Gasteiger partial charge in [0, 0.05) is 4.47 Å². The largest absolute Gasteiger partial charge is 0.493 e. The average Bonchev–Trinajstić information content (AvgIpc) is 2.99. The molecule has 8 nitrogen and oxygen atoms in total. The number of ether oxygens (including phenoxy) is 3. The van der Waals surface area contributed by atoms with E-state index in [1.807, 2.05) is 36.4 Å². The minimum Gasteiger partial charge on any atom is -0.493 e. The molecule has 43 heavy (non-hydrogen) atoms. The highest BCUT2D eigenvalue weighted by molar-refractivity contribution is 9.10. The van der Waals surface area contributed by atoms with Crippen LogP contribution in [0, 0.1) is 0 Å². The SMILES string of the molecule is COc1cc(COc2c(Cl)cc(/C=C3\C(=O)NC(=O)N(c4ccc(Br)cc4)C3=O)cc2Cl)ccc1OCc1ccccc1.